The highest BCUT2D eigenvalue weighted by molar-refractivity contribution is 9.10. The molecule has 1 amide bonds. The van der Waals surface area contributed by atoms with Gasteiger partial charge in [0.15, 0.2) is 0 Å². The fourth-order valence-corrected chi connectivity index (χ4v) is 4.30. The van der Waals surface area contributed by atoms with Gasteiger partial charge in [0.1, 0.15) is 11.1 Å². The first-order chi connectivity index (χ1) is 16.8. The highest BCUT2D eigenvalue weighted by atomic mass is 79.9. The Labute approximate surface area is 207 Å². The van der Waals surface area contributed by atoms with Crippen LogP contribution in [0, 0.1) is 18.3 Å². The number of amides is 1. The summed E-state index contributed by atoms with van der Waals surface area (Å²) in [6.45, 7) is 2.16. The minimum Gasteiger partial charge on any atom is -0.422 e. The zero-order valence-corrected chi connectivity index (χ0v) is 20.1. The van der Waals surface area contributed by atoms with E-state index in [0.717, 1.165) is 21.2 Å². The summed E-state index contributed by atoms with van der Waals surface area (Å²) in [5.41, 5.74) is 9.01. The third kappa shape index (κ3) is 4.16. The summed E-state index contributed by atoms with van der Waals surface area (Å²) in [7, 11) is 0. The fraction of sp³-hybridized carbons (Fsp3) is 0.0769. The van der Waals surface area contributed by atoms with Crippen molar-refractivity contribution in [3.05, 3.63) is 97.8 Å². The maximum atomic E-state index is 12.4. The molecule has 0 radical (unpaired) electrons. The lowest BCUT2D eigenvalue weighted by Crippen LogP contribution is -2.22. The van der Waals surface area contributed by atoms with Gasteiger partial charge in [-0.25, -0.2) is 9.78 Å². The van der Waals surface area contributed by atoms with E-state index in [-0.39, 0.29) is 5.56 Å². The van der Waals surface area contributed by atoms with Gasteiger partial charge in [-0.2, -0.15) is 5.26 Å². The van der Waals surface area contributed by atoms with Crippen molar-refractivity contribution in [3.8, 4) is 6.07 Å². The Kier molecular flexibility index (Phi) is 5.59. The van der Waals surface area contributed by atoms with Gasteiger partial charge in [0.05, 0.1) is 29.2 Å². The quantitative estimate of drug-likeness (QED) is 0.310. The van der Waals surface area contributed by atoms with E-state index in [1.54, 1.807) is 43.3 Å². The van der Waals surface area contributed by atoms with Gasteiger partial charge in [-0.05, 0) is 60.5 Å². The van der Waals surface area contributed by atoms with Gasteiger partial charge in [0, 0.05) is 21.6 Å². The first kappa shape index (κ1) is 22.4. The summed E-state index contributed by atoms with van der Waals surface area (Å²) < 4.78 is 8.42. The number of hydrogen-bond acceptors (Lipinski definition) is 6. The lowest BCUT2D eigenvalue weighted by atomic mass is 10.1. The monoisotopic (exact) mass is 527 g/mol. The van der Waals surface area contributed by atoms with E-state index in [9.17, 15) is 9.59 Å². The van der Waals surface area contributed by atoms with Crippen LogP contribution < -0.4 is 16.7 Å². The summed E-state index contributed by atoms with van der Waals surface area (Å²) in [5, 5.41) is 13.0. The second kappa shape index (κ2) is 8.74. The molecule has 2 heterocycles. The van der Waals surface area contributed by atoms with Crippen LogP contribution in [0.2, 0.25) is 0 Å². The molecule has 8 nitrogen and oxygen atoms in total. The molecule has 0 aliphatic carbocycles. The average molecular weight is 528 g/mol. The smallest absolute Gasteiger partial charge is 0.349 e. The van der Waals surface area contributed by atoms with Crippen LogP contribution in [0.15, 0.2) is 74.3 Å². The Morgan fingerprint density at radius 1 is 1.17 bits per heavy atom. The zero-order chi connectivity index (χ0) is 24.7. The SMILES string of the molecule is Cc1c(C(N)=O)c(=O)oc2cc3c(cc12)nc(Nc1ccc(C#N)cc1)n3Cc1ccc(Br)cc1. The molecule has 0 unspecified atom stereocenters. The number of nitrogens with zero attached hydrogens (tertiary/aromatic N) is 3. The van der Waals surface area contributed by atoms with E-state index in [1.165, 1.54) is 0 Å². The number of anilines is 2. The normalized spacial score (nSPS) is 11.0. The maximum Gasteiger partial charge on any atom is 0.349 e. The Morgan fingerprint density at radius 3 is 2.54 bits per heavy atom. The van der Waals surface area contributed by atoms with Gasteiger partial charge in [-0.3, -0.25) is 4.79 Å². The summed E-state index contributed by atoms with van der Waals surface area (Å²) in [6.07, 6.45) is 0. The van der Waals surface area contributed by atoms with Crippen molar-refractivity contribution < 1.29 is 9.21 Å². The minimum absolute atomic E-state index is 0.165. The van der Waals surface area contributed by atoms with Gasteiger partial charge in [-0.1, -0.05) is 28.1 Å². The third-order valence-electron chi connectivity index (χ3n) is 5.81. The Balaban J connectivity index is 1.71. The van der Waals surface area contributed by atoms with E-state index < -0.39 is 11.5 Å². The van der Waals surface area contributed by atoms with Gasteiger partial charge >= 0.3 is 5.63 Å². The van der Waals surface area contributed by atoms with Crippen molar-refractivity contribution in [2.45, 2.75) is 13.5 Å². The molecule has 5 rings (SSSR count). The number of primary amides is 1. The molecular weight excluding hydrogens is 510 g/mol. The number of imidazole rings is 1. The molecule has 0 fully saturated rings. The van der Waals surface area contributed by atoms with Crippen LogP contribution >= 0.6 is 15.9 Å². The second-order valence-corrected chi connectivity index (χ2v) is 8.97. The molecule has 0 saturated carbocycles. The predicted molar refractivity (Wildman–Crippen MR) is 137 cm³/mol. The molecule has 35 heavy (non-hydrogen) atoms. The number of fused-ring (bicyclic) bond motifs is 2. The number of nitrogens with one attached hydrogen (secondary N) is 1. The van der Waals surface area contributed by atoms with Crippen LogP contribution in [-0.2, 0) is 6.54 Å². The molecule has 0 aliphatic heterocycles. The van der Waals surface area contributed by atoms with Crippen LogP contribution in [0.5, 0.6) is 0 Å². The van der Waals surface area contributed by atoms with Gasteiger partial charge in [0.25, 0.3) is 5.91 Å². The Hall–Kier alpha value is -4.42. The number of carbonyl (C=O) groups excluding carboxylic acids is 1. The van der Waals surface area contributed by atoms with E-state index in [0.29, 0.717) is 40.1 Å². The highest BCUT2D eigenvalue weighted by Gasteiger charge is 2.19. The zero-order valence-electron chi connectivity index (χ0n) is 18.5. The van der Waals surface area contributed by atoms with Crippen molar-refractivity contribution in [3.63, 3.8) is 0 Å². The van der Waals surface area contributed by atoms with Crippen LogP contribution in [0.3, 0.4) is 0 Å². The molecule has 9 heteroatoms. The predicted octanol–water partition coefficient (Wildman–Crippen LogP) is 4.98. The summed E-state index contributed by atoms with van der Waals surface area (Å²) in [6, 6.07) is 20.6. The Bertz CT molecular complexity index is 1710. The van der Waals surface area contributed by atoms with Gasteiger partial charge < -0.3 is 20.0 Å². The maximum absolute atomic E-state index is 12.4. The van der Waals surface area contributed by atoms with Crippen molar-refractivity contribution in [1.82, 2.24) is 9.55 Å². The van der Waals surface area contributed by atoms with Crippen molar-refractivity contribution in [2.24, 2.45) is 5.73 Å². The van der Waals surface area contributed by atoms with Crippen molar-refractivity contribution in [1.29, 1.82) is 5.26 Å². The standard InChI is InChI=1S/C26H18BrN5O3/c1-14-19-10-20-21(11-22(19)35-25(34)23(14)24(29)33)32(13-16-2-6-17(27)7-3-16)26(31-20)30-18-8-4-15(12-28)5-9-18/h2-11H,13H2,1H3,(H2,29,33)(H,30,31). The minimum atomic E-state index is -0.831. The molecule has 0 atom stereocenters. The van der Waals surface area contributed by atoms with E-state index in [2.05, 4.69) is 27.3 Å². The van der Waals surface area contributed by atoms with Crippen LogP contribution in [-0.4, -0.2) is 15.5 Å². The van der Waals surface area contributed by atoms with Crippen molar-refractivity contribution in [2.75, 3.05) is 5.32 Å². The fourth-order valence-electron chi connectivity index (χ4n) is 4.04. The number of aryl methyl sites for hydroxylation is 1. The number of carbonyl (C=O) groups is 1. The van der Waals surface area contributed by atoms with Crippen molar-refractivity contribution >= 4 is 55.5 Å². The van der Waals surface area contributed by atoms with Crippen LogP contribution in [0.4, 0.5) is 11.6 Å². The van der Waals surface area contributed by atoms with Gasteiger partial charge in [-0.15, -0.1) is 0 Å². The molecular formula is C26H18BrN5O3. The topological polar surface area (TPSA) is 127 Å². The highest BCUT2D eigenvalue weighted by Crippen LogP contribution is 2.30. The molecule has 0 aliphatic rings. The molecule has 3 N–H and O–H groups in total. The third-order valence-corrected chi connectivity index (χ3v) is 6.33. The number of aromatic nitrogens is 2. The number of rotatable bonds is 5. The number of benzene rings is 3. The Morgan fingerprint density at radius 2 is 1.89 bits per heavy atom. The summed E-state index contributed by atoms with van der Waals surface area (Å²) in [4.78, 5) is 29.0. The molecule has 0 saturated heterocycles. The molecule has 0 spiro atoms. The molecule has 3 aromatic carbocycles. The average Bonchev–Trinajstić information content (AvgIpc) is 3.15. The van der Waals surface area contributed by atoms with Crippen LogP contribution in [0.25, 0.3) is 22.0 Å². The molecule has 2 aromatic heterocycles. The number of halogens is 1. The first-order valence-electron chi connectivity index (χ1n) is 10.6. The summed E-state index contributed by atoms with van der Waals surface area (Å²) >= 11 is 3.46. The molecule has 172 valence electrons. The van der Waals surface area contributed by atoms with E-state index in [1.807, 2.05) is 28.8 Å². The lowest BCUT2D eigenvalue weighted by molar-refractivity contribution is 0.0996. The lowest BCUT2D eigenvalue weighted by Gasteiger charge is -2.12. The number of nitriles is 1. The second-order valence-electron chi connectivity index (χ2n) is 8.05. The first-order valence-corrected chi connectivity index (χ1v) is 11.4. The number of nitrogens with two attached hydrogens (primary N) is 1. The van der Waals surface area contributed by atoms with Crippen LogP contribution in [0.1, 0.15) is 27.0 Å². The molecule has 5 aromatic rings. The van der Waals surface area contributed by atoms with Gasteiger partial charge in [0.2, 0.25) is 5.95 Å². The number of hydrogen-bond donors (Lipinski definition) is 2. The largest absolute Gasteiger partial charge is 0.422 e. The van der Waals surface area contributed by atoms with E-state index >= 15 is 0 Å². The summed E-state index contributed by atoms with van der Waals surface area (Å²) in [5.74, 6) is -0.264. The molecule has 0 bridgehead atoms. The van der Waals surface area contributed by atoms with E-state index in [4.69, 9.17) is 20.4 Å².